The normalized spacial score (nSPS) is 16.2. The molecule has 1 aliphatic rings. The van der Waals surface area contributed by atoms with Crippen molar-refractivity contribution in [1.29, 1.82) is 0 Å². The molecule has 2 aromatic rings. The van der Waals surface area contributed by atoms with Gasteiger partial charge in [0.15, 0.2) is 6.10 Å². The van der Waals surface area contributed by atoms with Crippen LogP contribution in [0.4, 0.5) is 5.69 Å². The molecule has 1 aliphatic heterocycles. The molecule has 2 aromatic carbocycles. The fourth-order valence-corrected chi connectivity index (χ4v) is 2.81. The minimum absolute atomic E-state index is 0.148. The van der Waals surface area contributed by atoms with Crippen LogP contribution in [0.3, 0.4) is 0 Å². The second kappa shape index (κ2) is 7.40. The molecule has 3 rings (SSSR count). The van der Waals surface area contributed by atoms with E-state index in [1.165, 1.54) is 13.1 Å². The van der Waals surface area contributed by atoms with Crippen LogP contribution in [0.2, 0.25) is 5.02 Å². The van der Waals surface area contributed by atoms with Gasteiger partial charge in [-0.3, -0.25) is 9.59 Å². The van der Waals surface area contributed by atoms with Crippen molar-refractivity contribution >= 4 is 35.2 Å². The summed E-state index contributed by atoms with van der Waals surface area (Å²) in [5.41, 5.74) is 1.47. The lowest BCUT2D eigenvalue weighted by molar-refractivity contribution is -0.127. The first kappa shape index (κ1) is 17.0. The molecule has 0 saturated carbocycles. The quantitative estimate of drug-likeness (QED) is 0.860. The zero-order chi connectivity index (χ0) is 17.8. The molecule has 6 heteroatoms. The van der Waals surface area contributed by atoms with Gasteiger partial charge >= 0.3 is 0 Å². The molecular formula is C19H17ClN2O3. The van der Waals surface area contributed by atoms with E-state index in [0.717, 1.165) is 5.56 Å². The van der Waals surface area contributed by atoms with E-state index in [-0.39, 0.29) is 18.4 Å². The topological polar surface area (TPSA) is 58.6 Å². The van der Waals surface area contributed by atoms with Crippen LogP contribution in [0, 0.1) is 0 Å². The molecule has 0 fully saturated rings. The van der Waals surface area contributed by atoms with Gasteiger partial charge in [-0.2, -0.15) is 0 Å². The first-order chi connectivity index (χ1) is 12.1. The summed E-state index contributed by atoms with van der Waals surface area (Å²) in [5, 5.41) is 3.16. The van der Waals surface area contributed by atoms with Gasteiger partial charge in [0.25, 0.3) is 11.8 Å². The highest BCUT2D eigenvalue weighted by Crippen LogP contribution is 2.33. The Hall–Kier alpha value is -2.79. The van der Waals surface area contributed by atoms with Crippen molar-refractivity contribution in [2.24, 2.45) is 0 Å². The molecule has 0 aromatic heterocycles. The summed E-state index contributed by atoms with van der Waals surface area (Å²) in [7, 11) is 1.54. The van der Waals surface area contributed by atoms with Gasteiger partial charge in [0.05, 0.1) is 12.2 Å². The average Bonchev–Trinajstić information content (AvgIpc) is 2.64. The molecule has 128 valence electrons. The summed E-state index contributed by atoms with van der Waals surface area (Å²) >= 11 is 5.96. The molecular weight excluding hydrogens is 340 g/mol. The van der Waals surface area contributed by atoms with E-state index in [0.29, 0.717) is 16.5 Å². The molecule has 1 N–H and O–H groups in total. The van der Waals surface area contributed by atoms with Gasteiger partial charge in [-0.15, -0.1) is 0 Å². The monoisotopic (exact) mass is 356 g/mol. The fraction of sp³-hybridized carbons (Fsp3) is 0.158. The number of ether oxygens (including phenoxy) is 1. The summed E-state index contributed by atoms with van der Waals surface area (Å²) < 4.78 is 5.70. The van der Waals surface area contributed by atoms with Crippen LogP contribution >= 0.6 is 11.6 Å². The molecule has 1 unspecified atom stereocenters. The Bertz CT molecular complexity index is 835. The van der Waals surface area contributed by atoms with Crippen molar-refractivity contribution < 1.29 is 14.3 Å². The summed E-state index contributed by atoms with van der Waals surface area (Å²) in [5.74, 6) is 0.00241. The minimum Gasteiger partial charge on any atom is -0.477 e. The highest BCUT2D eigenvalue weighted by Gasteiger charge is 2.32. The molecule has 0 aliphatic carbocycles. The smallest absolute Gasteiger partial charge is 0.262 e. The van der Waals surface area contributed by atoms with Crippen molar-refractivity contribution in [3.63, 3.8) is 0 Å². The standard InChI is InChI=1S/C19H17ClN2O3/c1-21-19(24)17-12-22(15-7-2-3-8-16(15)25-17)18(23)10-9-13-5-4-6-14(20)11-13/h2-11,17H,12H2,1H3,(H,21,24)/b10-9+. The van der Waals surface area contributed by atoms with Gasteiger partial charge in [0.1, 0.15) is 5.75 Å². The number of halogens is 1. The van der Waals surface area contributed by atoms with E-state index in [4.69, 9.17) is 16.3 Å². The van der Waals surface area contributed by atoms with E-state index >= 15 is 0 Å². The lowest BCUT2D eigenvalue weighted by atomic mass is 10.1. The van der Waals surface area contributed by atoms with Crippen LogP contribution in [0.5, 0.6) is 5.75 Å². The molecule has 0 spiro atoms. The van der Waals surface area contributed by atoms with Crippen molar-refractivity contribution in [3.8, 4) is 5.75 Å². The summed E-state index contributed by atoms with van der Waals surface area (Å²) in [6.45, 7) is 0.148. The molecule has 25 heavy (non-hydrogen) atoms. The van der Waals surface area contributed by atoms with E-state index in [1.807, 2.05) is 18.2 Å². The number of benzene rings is 2. The van der Waals surface area contributed by atoms with Gasteiger partial charge < -0.3 is 15.0 Å². The van der Waals surface area contributed by atoms with Gasteiger partial charge in [0, 0.05) is 18.1 Å². The third-order valence-electron chi connectivity index (χ3n) is 3.85. The number of carbonyl (C=O) groups is 2. The molecule has 0 bridgehead atoms. The van der Waals surface area contributed by atoms with Crippen LogP contribution in [-0.4, -0.2) is 31.5 Å². The van der Waals surface area contributed by atoms with Crippen LogP contribution < -0.4 is 15.0 Å². The van der Waals surface area contributed by atoms with Crippen LogP contribution in [-0.2, 0) is 9.59 Å². The number of carbonyl (C=O) groups excluding carboxylic acids is 2. The third-order valence-corrected chi connectivity index (χ3v) is 4.08. The number of rotatable bonds is 3. The number of amides is 2. The fourth-order valence-electron chi connectivity index (χ4n) is 2.61. The first-order valence-corrected chi connectivity index (χ1v) is 8.18. The lowest BCUT2D eigenvalue weighted by Gasteiger charge is -2.33. The second-order valence-corrected chi connectivity index (χ2v) is 5.96. The number of likely N-dealkylation sites (N-methyl/N-ethyl adjacent to an activating group) is 1. The molecule has 1 atom stereocenters. The van der Waals surface area contributed by atoms with E-state index in [2.05, 4.69) is 5.32 Å². The number of nitrogens with one attached hydrogen (secondary N) is 1. The largest absolute Gasteiger partial charge is 0.477 e. The maximum absolute atomic E-state index is 12.7. The maximum atomic E-state index is 12.7. The highest BCUT2D eigenvalue weighted by molar-refractivity contribution is 6.30. The summed E-state index contributed by atoms with van der Waals surface area (Å²) in [4.78, 5) is 26.2. The minimum atomic E-state index is -0.747. The number of hydrogen-bond donors (Lipinski definition) is 1. The zero-order valence-corrected chi connectivity index (χ0v) is 14.4. The Labute approximate surface area is 150 Å². The van der Waals surface area contributed by atoms with Crippen molar-refractivity contribution in [1.82, 2.24) is 5.32 Å². The Morgan fingerprint density at radius 2 is 2.04 bits per heavy atom. The van der Waals surface area contributed by atoms with Crippen LogP contribution in [0.15, 0.2) is 54.6 Å². The first-order valence-electron chi connectivity index (χ1n) is 7.81. The van der Waals surface area contributed by atoms with Gasteiger partial charge in [-0.1, -0.05) is 35.9 Å². The lowest BCUT2D eigenvalue weighted by Crippen LogP contribution is -2.49. The Morgan fingerprint density at radius 3 is 2.80 bits per heavy atom. The van der Waals surface area contributed by atoms with Crippen LogP contribution in [0.25, 0.3) is 6.08 Å². The molecule has 1 heterocycles. The summed E-state index contributed by atoms with van der Waals surface area (Å²) in [6, 6.07) is 14.4. The number of nitrogens with zero attached hydrogens (tertiary/aromatic N) is 1. The maximum Gasteiger partial charge on any atom is 0.262 e. The van der Waals surface area contributed by atoms with Crippen molar-refractivity contribution in [2.45, 2.75) is 6.10 Å². The third kappa shape index (κ3) is 3.83. The summed E-state index contributed by atoms with van der Waals surface area (Å²) in [6.07, 6.45) is 2.42. The SMILES string of the molecule is CNC(=O)C1CN(C(=O)/C=C/c2cccc(Cl)c2)c2ccccc2O1. The van der Waals surface area contributed by atoms with Gasteiger partial charge in [-0.05, 0) is 35.9 Å². The predicted octanol–water partition coefficient (Wildman–Crippen LogP) is 2.89. The zero-order valence-electron chi connectivity index (χ0n) is 13.6. The predicted molar refractivity (Wildman–Crippen MR) is 97.8 cm³/mol. The Morgan fingerprint density at radius 1 is 1.24 bits per heavy atom. The molecule has 5 nitrogen and oxygen atoms in total. The number of hydrogen-bond acceptors (Lipinski definition) is 3. The molecule has 0 radical (unpaired) electrons. The van der Waals surface area contributed by atoms with Crippen molar-refractivity contribution in [2.75, 3.05) is 18.5 Å². The molecule has 0 saturated heterocycles. The molecule has 2 amide bonds. The number of anilines is 1. The second-order valence-electron chi connectivity index (χ2n) is 5.53. The van der Waals surface area contributed by atoms with Gasteiger partial charge in [0.2, 0.25) is 0 Å². The van der Waals surface area contributed by atoms with E-state index in [9.17, 15) is 9.59 Å². The Balaban J connectivity index is 1.86. The highest BCUT2D eigenvalue weighted by atomic mass is 35.5. The van der Waals surface area contributed by atoms with Crippen molar-refractivity contribution in [3.05, 3.63) is 65.2 Å². The number of fused-ring (bicyclic) bond motifs is 1. The van der Waals surface area contributed by atoms with Gasteiger partial charge in [-0.25, -0.2) is 0 Å². The Kier molecular flexibility index (Phi) is 5.05. The average molecular weight is 357 g/mol. The van der Waals surface area contributed by atoms with E-state index in [1.54, 1.807) is 41.3 Å². The van der Waals surface area contributed by atoms with E-state index < -0.39 is 6.10 Å². The van der Waals surface area contributed by atoms with Crippen LogP contribution in [0.1, 0.15) is 5.56 Å². The number of para-hydroxylation sites is 2.